The molecule has 0 spiro atoms. The number of para-hydroxylation sites is 2. The number of hydrogen-bond donors (Lipinski definition) is 2. The Hall–Kier alpha value is -3.54. The van der Waals surface area contributed by atoms with E-state index in [0.717, 1.165) is 0 Å². The highest BCUT2D eigenvalue weighted by Gasteiger charge is 2.13. The third-order valence-corrected chi connectivity index (χ3v) is 3.86. The van der Waals surface area contributed by atoms with Crippen molar-refractivity contribution in [2.24, 2.45) is 0 Å². The highest BCUT2D eigenvalue weighted by Crippen LogP contribution is 2.24. The number of furan rings is 1. The number of methoxy groups -OCH3 is 1. The van der Waals surface area contributed by atoms with Gasteiger partial charge in [0.05, 0.1) is 24.6 Å². The van der Waals surface area contributed by atoms with Crippen molar-refractivity contribution in [3.05, 3.63) is 77.7 Å². The van der Waals surface area contributed by atoms with Crippen LogP contribution in [0, 0.1) is 6.92 Å². The maximum Gasteiger partial charge on any atom is 0.259 e. The summed E-state index contributed by atoms with van der Waals surface area (Å²) in [5.74, 6) is 0.607. The number of amides is 2. The molecule has 3 aromatic rings. The quantitative estimate of drug-likeness (QED) is 0.726. The van der Waals surface area contributed by atoms with Crippen LogP contribution in [0.3, 0.4) is 0 Å². The minimum atomic E-state index is -0.266. The number of aryl methyl sites for hydroxylation is 1. The van der Waals surface area contributed by atoms with E-state index >= 15 is 0 Å². The molecule has 1 aromatic heterocycles. The van der Waals surface area contributed by atoms with E-state index in [2.05, 4.69) is 10.6 Å². The van der Waals surface area contributed by atoms with Gasteiger partial charge in [0.2, 0.25) is 0 Å². The molecular formula is C20H18N2O4. The van der Waals surface area contributed by atoms with E-state index in [1.807, 2.05) is 12.1 Å². The van der Waals surface area contributed by atoms with Crippen LogP contribution in [0.1, 0.15) is 26.5 Å². The van der Waals surface area contributed by atoms with Crippen molar-refractivity contribution >= 4 is 23.2 Å². The largest absolute Gasteiger partial charge is 0.495 e. The summed E-state index contributed by atoms with van der Waals surface area (Å²) in [6.45, 7) is 1.72. The van der Waals surface area contributed by atoms with Crippen molar-refractivity contribution < 1.29 is 18.7 Å². The molecule has 26 heavy (non-hydrogen) atoms. The molecule has 2 amide bonds. The van der Waals surface area contributed by atoms with Crippen molar-refractivity contribution in [2.45, 2.75) is 6.92 Å². The van der Waals surface area contributed by atoms with Crippen molar-refractivity contribution in [1.82, 2.24) is 0 Å². The van der Waals surface area contributed by atoms with E-state index < -0.39 is 0 Å². The van der Waals surface area contributed by atoms with Crippen LogP contribution in [0.25, 0.3) is 0 Å². The van der Waals surface area contributed by atoms with E-state index in [1.165, 1.54) is 6.26 Å². The number of ether oxygens (including phenoxy) is 1. The zero-order chi connectivity index (χ0) is 18.5. The van der Waals surface area contributed by atoms with Gasteiger partial charge in [-0.25, -0.2) is 0 Å². The molecular weight excluding hydrogens is 332 g/mol. The Kier molecular flexibility index (Phi) is 5.03. The molecule has 0 saturated heterocycles. The monoisotopic (exact) mass is 350 g/mol. The Morgan fingerprint density at radius 2 is 1.65 bits per heavy atom. The molecule has 6 nitrogen and oxygen atoms in total. The predicted molar refractivity (Wildman–Crippen MR) is 98.8 cm³/mol. The lowest BCUT2D eigenvalue weighted by atomic mass is 10.1. The second-order valence-corrected chi connectivity index (χ2v) is 5.58. The molecule has 132 valence electrons. The fourth-order valence-electron chi connectivity index (χ4n) is 2.47. The molecule has 0 aliphatic rings. The third kappa shape index (κ3) is 3.75. The van der Waals surface area contributed by atoms with Gasteiger partial charge in [0.1, 0.15) is 11.5 Å². The minimum Gasteiger partial charge on any atom is -0.495 e. The van der Waals surface area contributed by atoms with Crippen LogP contribution in [0.4, 0.5) is 11.4 Å². The molecule has 0 saturated carbocycles. The summed E-state index contributed by atoms with van der Waals surface area (Å²) in [6, 6.07) is 15.4. The lowest BCUT2D eigenvalue weighted by Crippen LogP contribution is -2.14. The molecule has 0 aliphatic carbocycles. The Morgan fingerprint density at radius 3 is 2.31 bits per heavy atom. The Balaban J connectivity index is 1.68. The molecule has 3 rings (SSSR count). The fourth-order valence-corrected chi connectivity index (χ4v) is 2.47. The number of benzene rings is 2. The summed E-state index contributed by atoms with van der Waals surface area (Å²) >= 11 is 0. The van der Waals surface area contributed by atoms with Crippen LogP contribution in [0.2, 0.25) is 0 Å². The van der Waals surface area contributed by atoms with Crippen molar-refractivity contribution in [3.8, 4) is 5.75 Å². The first kappa shape index (κ1) is 17.3. The standard InChI is InChI=1S/C20H18N2O4/c1-13-16(11-12-26-13)20(24)21-15-9-7-14(8-10-15)19(23)22-17-5-3-4-6-18(17)25-2/h3-12H,1-2H3,(H,21,24)(H,22,23). The van der Waals surface area contributed by atoms with E-state index in [1.54, 1.807) is 56.5 Å². The van der Waals surface area contributed by atoms with Gasteiger partial charge >= 0.3 is 0 Å². The maximum atomic E-state index is 12.4. The van der Waals surface area contributed by atoms with Gasteiger partial charge in [-0.15, -0.1) is 0 Å². The maximum absolute atomic E-state index is 12.4. The highest BCUT2D eigenvalue weighted by atomic mass is 16.5. The average Bonchev–Trinajstić information content (AvgIpc) is 3.09. The van der Waals surface area contributed by atoms with E-state index in [0.29, 0.717) is 34.0 Å². The second-order valence-electron chi connectivity index (χ2n) is 5.58. The number of hydrogen-bond acceptors (Lipinski definition) is 4. The predicted octanol–water partition coefficient (Wildman–Crippen LogP) is 4.10. The summed E-state index contributed by atoms with van der Waals surface area (Å²) in [5, 5.41) is 5.57. The van der Waals surface area contributed by atoms with Gasteiger partial charge in [-0.2, -0.15) is 0 Å². The first-order chi connectivity index (χ1) is 12.6. The van der Waals surface area contributed by atoms with Gasteiger partial charge in [0.15, 0.2) is 0 Å². The normalized spacial score (nSPS) is 10.2. The van der Waals surface area contributed by atoms with Gasteiger partial charge in [0.25, 0.3) is 11.8 Å². The Labute approximate surface area is 150 Å². The van der Waals surface area contributed by atoms with Gasteiger partial charge in [-0.05, 0) is 49.4 Å². The van der Waals surface area contributed by atoms with Gasteiger partial charge in [0, 0.05) is 11.3 Å². The fraction of sp³-hybridized carbons (Fsp3) is 0.100. The van der Waals surface area contributed by atoms with E-state index in [9.17, 15) is 9.59 Å². The molecule has 1 heterocycles. The zero-order valence-corrected chi connectivity index (χ0v) is 14.4. The highest BCUT2D eigenvalue weighted by molar-refractivity contribution is 6.07. The number of nitrogens with one attached hydrogen (secondary N) is 2. The summed E-state index contributed by atoms with van der Waals surface area (Å²) < 4.78 is 10.3. The van der Waals surface area contributed by atoms with Crippen LogP contribution in [0.15, 0.2) is 65.3 Å². The van der Waals surface area contributed by atoms with Gasteiger partial charge < -0.3 is 19.8 Å². The second kappa shape index (κ2) is 7.57. The topological polar surface area (TPSA) is 80.6 Å². The average molecular weight is 350 g/mol. The lowest BCUT2D eigenvalue weighted by molar-refractivity contribution is 0.101. The molecule has 0 aliphatic heterocycles. The lowest BCUT2D eigenvalue weighted by Gasteiger charge is -2.10. The number of rotatable bonds is 5. The number of anilines is 2. The molecule has 0 unspecified atom stereocenters. The third-order valence-electron chi connectivity index (χ3n) is 3.86. The minimum absolute atomic E-state index is 0.262. The summed E-state index contributed by atoms with van der Waals surface area (Å²) in [5.41, 5.74) is 2.12. The molecule has 0 bridgehead atoms. The van der Waals surface area contributed by atoms with Gasteiger partial charge in [-0.1, -0.05) is 12.1 Å². The Bertz CT molecular complexity index is 929. The molecule has 0 atom stereocenters. The number of carbonyl (C=O) groups excluding carboxylic acids is 2. The molecule has 6 heteroatoms. The van der Waals surface area contributed by atoms with Gasteiger partial charge in [-0.3, -0.25) is 9.59 Å². The van der Waals surface area contributed by atoms with Crippen LogP contribution in [-0.4, -0.2) is 18.9 Å². The van der Waals surface area contributed by atoms with Crippen molar-refractivity contribution in [2.75, 3.05) is 17.7 Å². The molecule has 0 fully saturated rings. The van der Waals surface area contributed by atoms with Crippen molar-refractivity contribution in [1.29, 1.82) is 0 Å². The van der Waals surface area contributed by atoms with Crippen LogP contribution < -0.4 is 15.4 Å². The van der Waals surface area contributed by atoms with Crippen LogP contribution >= 0.6 is 0 Å². The Morgan fingerprint density at radius 1 is 0.923 bits per heavy atom. The smallest absolute Gasteiger partial charge is 0.259 e. The summed E-state index contributed by atoms with van der Waals surface area (Å²) in [4.78, 5) is 24.5. The van der Waals surface area contributed by atoms with E-state index in [4.69, 9.17) is 9.15 Å². The van der Waals surface area contributed by atoms with E-state index in [-0.39, 0.29) is 11.8 Å². The van der Waals surface area contributed by atoms with Crippen molar-refractivity contribution in [3.63, 3.8) is 0 Å². The zero-order valence-electron chi connectivity index (χ0n) is 14.4. The molecule has 2 N–H and O–H groups in total. The first-order valence-electron chi connectivity index (χ1n) is 7.98. The number of carbonyl (C=O) groups is 2. The molecule has 0 radical (unpaired) electrons. The molecule has 2 aromatic carbocycles. The van der Waals surface area contributed by atoms with Crippen LogP contribution in [-0.2, 0) is 0 Å². The SMILES string of the molecule is COc1ccccc1NC(=O)c1ccc(NC(=O)c2ccoc2C)cc1. The summed E-state index contributed by atoms with van der Waals surface area (Å²) in [7, 11) is 1.55. The first-order valence-corrected chi connectivity index (χ1v) is 7.98. The van der Waals surface area contributed by atoms with Crippen LogP contribution in [0.5, 0.6) is 5.75 Å². The summed E-state index contributed by atoms with van der Waals surface area (Å²) in [6.07, 6.45) is 1.47.